The van der Waals surface area contributed by atoms with Gasteiger partial charge in [0.2, 0.25) is 0 Å². The Morgan fingerprint density at radius 2 is 1.97 bits per heavy atom. The number of likely N-dealkylation sites (tertiary alicyclic amines) is 1. The van der Waals surface area contributed by atoms with Gasteiger partial charge in [0.15, 0.2) is 12.5 Å². The molecule has 0 unspecified atom stereocenters. The molecule has 8 heteroatoms. The average Bonchev–Trinajstić information content (AvgIpc) is 3.71. The van der Waals surface area contributed by atoms with E-state index in [1.165, 1.54) is 18.4 Å². The molecule has 2 fully saturated rings. The number of aliphatic hydroxyl groups is 1. The molecule has 8 nitrogen and oxygen atoms in total. The zero-order valence-electron chi connectivity index (χ0n) is 22.5. The van der Waals surface area contributed by atoms with E-state index in [0.717, 1.165) is 39.9 Å². The molecular weight excluding hydrogens is 490 g/mol. The number of aromatic nitrogens is 1. The minimum absolute atomic E-state index is 0.0884. The lowest BCUT2D eigenvalue weighted by atomic mass is 9.91. The molecular formula is C31H33N5O3. The minimum atomic E-state index is -0.195. The van der Waals surface area contributed by atoms with Gasteiger partial charge in [0.05, 0.1) is 6.61 Å². The van der Waals surface area contributed by atoms with Crippen LogP contribution in [0, 0.1) is 17.4 Å². The topological polar surface area (TPSA) is 102 Å². The maximum Gasteiger partial charge on any atom is 0.267 e. The first-order valence-electron chi connectivity index (χ1n) is 13.2. The summed E-state index contributed by atoms with van der Waals surface area (Å²) in [4.78, 5) is 28.0. The Balaban J connectivity index is 1.59. The lowest BCUT2D eigenvalue weighted by molar-refractivity contribution is 0.0954. The van der Waals surface area contributed by atoms with E-state index in [0.29, 0.717) is 30.3 Å². The number of rotatable bonds is 9. The van der Waals surface area contributed by atoms with Crippen LogP contribution in [0.3, 0.4) is 0 Å². The number of carbonyl (C=O) groups excluding carboxylic acids is 2. The second-order valence-corrected chi connectivity index (χ2v) is 10.4. The third-order valence-electron chi connectivity index (χ3n) is 7.86. The van der Waals surface area contributed by atoms with E-state index in [-0.39, 0.29) is 18.4 Å². The Morgan fingerprint density at radius 3 is 2.62 bits per heavy atom. The molecule has 0 atom stereocenters. The molecule has 3 aromatic rings. The zero-order chi connectivity index (χ0) is 27.7. The molecule has 2 aromatic carbocycles. The van der Waals surface area contributed by atoms with Crippen molar-refractivity contribution in [1.82, 2.24) is 14.8 Å². The Hall–Kier alpha value is -4.35. The highest BCUT2D eigenvalue weighted by Gasteiger charge is 2.32. The maximum atomic E-state index is 12.3. The minimum Gasteiger partial charge on any atom is -0.392 e. The molecule has 39 heavy (non-hydrogen) atoms. The van der Waals surface area contributed by atoms with Gasteiger partial charge in [0.1, 0.15) is 5.69 Å². The molecule has 2 heterocycles. The first-order chi connectivity index (χ1) is 18.9. The largest absolute Gasteiger partial charge is 0.392 e. The first kappa shape index (κ1) is 26.3. The van der Waals surface area contributed by atoms with Crippen LogP contribution in [-0.2, 0) is 13.7 Å². The quantitative estimate of drug-likeness (QED) is 0.323. The van der Waals surface area contributed by atoms with Gasteiger partial charge in [-0.3, -0.25) is 9.59 Å². The van der Waals surface area contributed by atoms with Gasteiger partial charge in [0, 0.05) is 74.4 Å². The summed E-state index contributed by atoms with van der Waals surface area (Å²) in [6.45, 7) is 0.987. The van der Waals surface area contributed by atoms with Crippen molar-refractivity contribution in [2.45, 2.75) is 25.4 Å². The highest BCUT2D eigenvalue weighted by atomic mass is 16.3. The van der Waals surface area contributed by atoms with E-state index in [1.54, 1.807) is 16.5 Å². The van der Waals surface area contributed by atoms with Crippen molar-refractivity contribution in [3.63, 3.8) is 0 Å². The van der Waals surface area contributed by atoms with Crippen molar-refractivity contribution in [2.75, 3.05) is 32.1 Å². The number of aliphatic hydroxyl groups excluding tert-OH is 1. The molecule has 1 aromatic heterocycles. The summed E-state index contributed by atoms with van der Waals surface area (Å²) in [6.07, 6.45) is 9.40. The van der Waals surface area contributed by atoms with E-state index < -0.39 is 0 Å². The Morgan fingerprint density at radius 1 is 1.21 bits per heavy atom. The summed E-state index contributed by atoms with van der Waals surface area (Å²) in [6, 6.07) is 13.7. The fraction of sp³-hybridized carbons (Fsp3) is 0.323. The van der Waals surface area contributed by atoms with Gasteiger partial charge in [-0.1, -0.05) is 30.3 Å². The number of nitriles is 1. The van der Waals surface area contributed by atoms with Crippen LogP contribution in [0.5, 0.6) is 0 Å². The van der Waals surface area contributed by atoms with Crippen LogP contribution in [0.25, 0.3) is 17.2 Å². The number of benzene rings is 2. The standard InChI is InChI=1S/C31H33N5O3/c1-33-31(39)30-13-24(14-34(30)2)26-5-4-6-28(27(26)18-38)35(3)29(25-15-36(16-25)19-32)12-23-11-21(20-7-8-20)9-10-22(23)17-37/h4-6,9-14,17,20,25,38H,7-8,15-16,18H2,1-3H3,(H,33,39)/b29-12-. The first-order valence-corrected chi connectivity index (χ1v) is 13.2. The number of aldehydes is 1. The summed E-state index contributed by atoms with van der Waals surface area (Å²) in [5, 5.41) is 22.6. The molecule has 2 aliphatic rings. The second-order valence-electron chi connectivity index (χ2n) is 10.4. The zero-order valence-corrected chi connectivity index (χ0v) is 22.5. The Kier molecular flexibility index (Phi) is 7.27. The van der Waals surface area contributed by atoms with Crippen LogP contribution in [0.4, 0.5) is 5.69 Å². The predicted octanol–water partition coefficient (Wildman–Crippen LogP) is 4.12. The van der Waals surface area contributed by atoms with Crippen molar-refractivity contribution in [2.24, 2.45) is 13.0 Å². The van der Waals surface area contributed by atoms with Gasteiger partial charge in [-0.25, -0.2) is 0 Å². The van der Waals surface area contributed by atoms with Gasteiger partial charge in [-0.05, 0) is 53.7 Å². The number of hydrogen-bond acceptors (Lipinski definition) is 6. The fourth-order valence-corrected chi connectivity index (χ4v) is 5.42. The molecule has 1 aliphatic heterocycles. The molecule has 1 aliphatic carbocycles. The summed E-state index contributed by atoms with van der Waals surface area (Å²) in [7, 11) is 5.38. The van der Waals surface area contributed by atoms with Crippen LogP contribution < -0.4 is 10.2 Å². The second kappa shape index (κ2) is 10.8. The SMILES string of the molecule is CNC(=O)c1cc(-c2cccc(N(C)/C(=C\c3cc(C4CC4)ccc3C=O)C3CN(C#N)C3)c2CO)cn1C. The molecule has 1 amide bonds. The lowest BCUT2D eigenvalue weighted by Crippen LogP contribution is -2.47. The summed E-state index contributed by atoms with van der Waals surface area (Å²) in [5.74, 6) is 0.463. The number of amides is 1. The van der Waals surface area contributed by atoms with Gasteiger partial charge in [-0.2, -0.15) is 5.26 Å². The summed E-state index contributed by atoms with van der Waals surface area (Å²) < 4.78 is 1.77. The number of aryl methyl sites for hydroxylation is 1. The Bertz CT molecular complexity index is 1490. The molecule has 200 valence electrons. The predicted molar refractivity (Wildman–Crippen MR) is 151 cm³/mol. The van der Waals surface area contributed by atoms with Crippen molar-refractivity contribution >= 4 is 24.0 Å². The van der Waals surface area contributed by atoms with Crippen LogP contribution in [0.2, 0.25) is 0 Å². The number of carbonyl (C=O) groups is 2. The van der Waals surface area contributed by atoms with E-state index >= 15 is 0 Å². The third-order valence-corrected chi connectivity index (χ3v) is 7.86. The molecule has 0 bridgehead atoms. The van der Waals surface area contributed by atoms with E-state index in [1.807, 2.05) is 56.7 Å². The third kappa shape index (κ3) is 5.06. The van der Waals surface area contributed by atoms with Gasteiger partial charge in [0.25, 0.3) is 5.91 Å². The molecule has 2 N–H and O–H groups in total. The fourth-order valence-electron chi connectivity index (χ4n) is 5.42. The molecule has 0 radical (unpaired) electrons. The van der Waals surface area contributed by atoms with Crippen molar-refractivity contribution in [3.05, 3.63) is 82.3 Å². The van der Waals surface area contributed by atoms with E-state index in [9.17, 15) is 20.0 Å². The van der Waals surface area contributed by atoms with Crippen LogP contribution in [0.1, 0.15) is 56.3 Å². The number of hydrogen-bond donors (Lipinski definition) is 2. The molecule has 1 saturated heterocycles. The lowest BCUT2D eigenvalue weighted by Gasteiger charge is -2.40. The van der Waals surface area contributed by atoms with Gasteiger partial charge in [-0.15, -0.1) is 0 Å². The number of anilines is 1. The van der Waals surface area contributed by atoms with Crippen LogP contribution in [-0.4, -0.2) is 54.0 Å². The van der Waals surface area contributed by atoms with Crippen molar-refractivity contribution in [1.29, 1.82) is 5.26 Å². The van der Waals surface area contributed by atoms with Gasteiger partial charge >= 0.3 is 0 Å². The van der Waals surface area contributed by atoms with E-state index in [4.69, 9.17) is 0 Å². The smallest absolute Gasteiger partial charge is 0.267 e. The van der Waals surface area contributed by atoms with Crippen LogP contribution in [0.15, 0.2) is 54.4 Å². The van der Waals surface area contributed by atoms with Crippen molar-refractivity contribution in [3.8, 4) is 17.3 Å². The highest BCUT2D eigenvalue weighted by Crippen LogP contribution is 2.41. The van der Waals surface area contributed by atoms with Gasteiger partial charge < -0.3 is 24.8 Å². The Labute approximate surface area is 228 Å². The monoisotopic (exact) mass is 523 g/mol. The molecule has 5 rings (SSSR count). The number of nitrogens with zero attached hydrogens (tertiary/aromatic N) is 4. The van der Waals surface area contributed by atoms with Crippen LogP contribution >= 0.6 is 0 Å². The molecule has 1 saturated carbocycles. The highest BCUT2D eigenvalue weighted by molar-refractivity contribution is 5.94. The maximum absolute atomic E-state index is 12.3. The average molecular weight is 524 g/mol. The number of nitrogens with one attached hydrogen (secondary N) is 1. The summed E-state index contributed by atoms with van der Waals surface area (Å²) >= 11 is 0. The van der Waals surface area contributed by atoms with E-state index in [2.05, 4.69) is 28.6 Å². The molecule has 0 spiro atoms. The van der Waals surface area contributed by atoms with Crippen molar-refractivity contribution < 1.29 is 14.7 Å². The summed E-state index contributed by atoms with van der Waals surface area (Å²) in [5.41, 5.74) is 7.48. The normalized spacial score (nSPS) is 15.5.